The maximum absolute atomic E-state index is 12.4. The first-order valence-electron chi connectivity index (χ1n) is 6.06. The van der Waals surface area contributed by atoms with Crippen LogP contribution in [-0.4, -0.2) is 28.3 Å². The Morgan fingerprint density at radius 2 is 2.05 bits per heavy atom. The number of ether oxygens (including phenoxy) is 1. The molecule has 0 fully saturated rings. The predicted molar refractivity (Wildman–Crippen MR) is 70.5 cm³/mol. The fourth-order valence-electron chi connectivity index (χ4n) is 1.51. The van der Waals surface area contributed by atoms with E-state index in [1.165, 1.54) is 0 Å². The van der Waals surface area contributed by atoms with Crippen LogP contribution in [0.3, 0.4) is 0 Å². The molecule has 0 aliphatic heterocycles. The summed E-state index contributed by atoms with van der Waals surface area (Å²) in [6.45, 7) is 0.116. The summed E-state index contributed by atoms with van der Waals surface area (Å²) in [4.78, 5) is 3.68. The Kier molecular flexibility index (Phi) is 4.94. The van der Waals surface area contributed by atoms with Gasteiger partial charge in [-0.25, -0.2) is 18.2 Å². The van der Waals surface area contributed by atoms with E-state index in [1.54, 1.807) is 24.3 Å². The largest absolute Gasteiger partial charge is 0.489 e. The highest BCUT2D eigenvalue weighted by Crippen LogP contribution is 2.22. The highest BCUT2D eigenvalue weighted by Gasteiger charge is 2.13. The fourth-order valence-corrected chi connectivity index (χ4v) is 1.51. The Morgan fingerprint density at radius 1 is 1.33 bits per heavy atom. The molecule has 1 aromatic carbocycles. The number of H-pyrrole nitrogens is 1. The first-order chi connectivity index (χ1) is 10.1. The van der Waals surface area contributed by atoms with Gasteiger partial charge in [0.25, 0.3) is 6.43 Å². The van der Waals surface area contributed by atoms with E-state index in [4.69, 9.17) is 10.5 Å². The molecule has 21 heavy (non-hydrogen) atoms. The molecule has 2 aromatic rings. The molecule has 3 N–H and O–H groups in total. The minimum absolute atomic E-state index is 0.0442. The van der Waals surface area contributed by atoms with E-state index in [9.17, 15) is 13.2 Å². The average Bonchev–Trinajstić information content (AvgIpc) is 2.99. The number of benzene rings is 1. The van der Waals surface area contributed by atoms with Crippen molar-refractivity contribution >= 4 is 0 Å². The summed E-state index contributed by atoms with van der Waals surface area (Å²) in [6, 6.07) is 6.46. The van der Waals surface area contributed by atoms with Crippen LogP contribution in [0.1, 0.15) is 12.2 Å². The lowest BCUT2D eigenvalue weighted by atomic mass is 10.2. The number of nitrogens with two attached hydrogens (primary N) is 1. The van der Waals surface area contributed by atoms with Crippen molar-refractivity contribution in [2.24, 2.45) is 5.73 Å². The van der Waals surface area contributed by atoms with Crippen LogP contribution in [0.25, 0.3) is 11.4 Å². The lowest BCUT2D eigenvalue weighted by molar-refractivity contribution is 0.141. The fraction of sp³-hybridized carbons (Fsp3) is 0.231. The van der Waals surface area contributed by atoms with E-state index in [1.807, 2.05) is 0 Å². The number of hydrogen-bond acceptors (Lipinski definition) is 4. The normalized spacial score (nSPS) is 12.0. The van der Waals surface area contributed by atoms with E-state index >= 15 is 0 Å². The number of aromatic amines is 1. The zero-order valence-electron chi connectivity index (χ0n) is 10.9. The van der Waals surface area contributed by atoms with Crippen molar-refractivity contribution in [1.82, 2.24) is 15.2 Å². The van der Waals surface area contributed by atoms with Gasteiger partial charge < -0.3 is 10.5 Å². The van der Waals surface area contributed by atoms with Crippen LogP contribution in [-0.2, 0) is 0 Å². The second-order valence-corrected chi connectivity index (χ2v) is 4.13. The molecule has 2 rings (SSSR count). The van der Waals surface area contributed by atoms with Crippen LogP contribution in [0.5, 0.6) is 5.75 Å². The molecule has 0 radical (unpaired) electrons. The van der Waals surface area contributed by atoms with Crippen LogP contribution in [0, 0.1) is 0 Å². The van der Waals surface area contributed by atoms with Gasteiger partial charge in [-0.1, -0.05) is 0 Å². The molecule has 1 aromatic heterocycles. The molecule has 0 aliphatic rings. The smallest absolute Gasteiger partial charge is 0.296 e. The van der Waals surface area contributed by atoms with Crippen LogP contribution >= 0.6 is 0 Å². The van der Waals surface area contributed by atoms with Crippen LogP contribution in [0.2, 0.25) is 0 Å². The number of alkyl halides is 2. The molecule has 0 spiro atoms. The minimum atomic E-state index is -2.70. The first kappa shape index (κ1) is 15.0. The molecule has 8 heteroatoms. The monoisotopic (exact) mass is 298 g/mol. The number of nitrogens with zero attached hydrogens (tertiary/aromatic N) is 2. The van der Waals surface area contributed by atoms with Gasteiger partial charge in [-0.3, -0.25) is 5.10 Å². The van der Waals surface area contributed by atoms with Gasteiger partial charge in [0, 0.05) is 17.7 Å². The Hall–Kier alpha value is -2.35. The summed E-state index contributed by atoms with van der Waals surface area (Å²) in [6.07, 6.45) is -2.29. The second kappa shape index (κ2) is 6.89. The lowest BCUT2D eigenvalue weighted by Gasteiger charge is -2.07. The molecule has 0 saturated carbocycles. The average molecular weight is 298 g/mol. The zero-order chi connectivity index (χ0) is 15.2. The number of hydrogen-bond donors (Lipinski definition) is 2. The molecule has 0 unspecified atom stereocenters. The standard InChI is InChI=1S/C13H13F3N4O/c14-5-8(6-17)7-21-10-3-1-9(2-4-10)12-18-13(11(15)16)20-19-12/h1-5,11H,6-7,17H2,(H,18,19,20)/b8-5-. The van der Waals surface area contributed by atoms with Crippen molar-refractivity contribution in [3.63, 3.8) is 0 Å². The molecule has 112 valence electrons. The molecule has 0 amide bonds. The highest BCUT2D eigenvalue weighted by molar-refractivity contribution is 5.55. The van der Waals surface area contributed by atoms with Crippen molar-refractivity contribution < 1.29 is 17.9 Å². The summed E-state index contributed by atoms with van der Waals surface area (Å²) >= 11 is 0. The van der Waals surface area contributed by atoms with Crippen molar-refractivity contribution in [3.8, 4) is 17.1 Å². The quantitative estimate of drug-likeness (QED) is 0.859. The summed E-state index contributed by atoms with van der Waals surface area (Å²) in [7, 11) is 0. The van der Waals surface area contributed by atoms with Gasteiger partial charge in [-0.15, -0.1) is 0 Å². The summed E-state index contributed by atoms with van der Waals surface area (Å²) < 4.78 is 42.4. The molecule has 1 heterocycles. The molecule has 0 saturated heterocycles. The number of halogens is 3. The molecular formula is C13H13F3N4O. The van der Waals surface area contributed by atoms with E-state index in [2.05, 4.69) is 15.2 Å². The Balaban J connectivity index is 2.04. The van der Waals surface area contributed by atoms with Crippen molar-refractivity contribution in [1.29, 1.82) is 0 Å². The molecule has 0 aliphatic carbocycles. The van der Waals surface area contributed by atoms with Gasteiger partial charge in [0.2, 0.25) is 0 Å². The van der Waals surface area contributed by atoms with Gasteiger partial charge in [0.15, 0.2) is 11.6 Å². The summed E-state index contributed by atoms with van der Waals surface area (Å²) in [5, 5.41) is 5.87. The van der Waals surface area contributed by atoms with Crippen molar-refractivity contribution in [2.75, 3.05) is 13.2 Å². The van der Waals surface area contributed by atoms with Crippen LogP contribution < -0.4 is 10.5 Å². The lowest BCUT2D eigenvalue weighted by Crippen LogP contribution is -2.10. The summed E-state index contributed by atoms with van der Waals surface area (Å²) in [5.74, 6) is 0.185. The third kappa shape index (κ3) is 3.82. The van der Waals surface area contributed by atoms with Gasteiger partial charge in [0.05, 0.1) is 6.33 Å². The first-order valence-corrected chi connectivity index (χ1v) is 6.06. The minimum Gasteiger partial charge on any atom is -0.489 e. The van der Waals surface area contributed by atoms with E-state index in [0.29, 0.717) is 23.2 Å². The Labute approximate surface area is 118 Å². The third-order valence-electron chi connectivity index (χ3n) is 2.66. The zero-order valence-corrected chi connectivity index (χ0v) is 10.9. The maximum Gasteiger partial charge on any atom is 0.296 e. The van der Waals surface area contributed by atoms with E-state index < -0.39 is 12.2 Å². The summed E-state index contributed by atoms with van der Waals surface area (Å²) in [5.41, 5.74) is 6.19. The number of rotatable bonds is 6. The molecule has 5 nitrogen and oxygen atoms in total. The Bertz CT molecular complexity index is 610. The van der Waals surface area contributed by atoms with Gasteiger partial charge in [-0.2, -0.15) is 5.10 Å². The predicted octanol–water partition coefficient (Wildman–Crippen LogP) is 2.60. The van der Waals surface area contributed by atoms with Crippen LogP contribution in [0.15, 0.2) is 36.2 Å². The van der Waals surface area contributed by atoms with Crippen molar-refractivity contribution in [3.05, 3.63) is 42.0 Å². The van der Waals surface area contributed by atoms with Gasteiger partial charge in [0.1, 0.15) is 12.4 Å². The number of nitrogens with one attached hydrogen (secondary N) is 1. The molecule has 0 atom stereocenters. The topological polar surface area (TPSA) is 76.8 Å². The Morgan fingerprint density at radius 3 is 2.57 bits per heavy atom. The van der Waals surface area contributed by atoms with Crippen LogP contribution in [0.4, 0.5) is 13.2 Å². The molecule has 0 bridgehead atoms. The maximum atomic E-state index is 12.4. The second-order valence-electron chi connectivity index (χ2n) is 4.13. The van der Waals surface area contributed by atoms with Crippen molar-refractivity contribution in [2.45, 2.75) is 6.43 Å². The van der Waals surface area contributed by atoms with E-state index in [0.717, 1.165) is 0 Å². The number of aromatic nitrogens is 3. The SMILES string of the molecule is NC/C(=C/F)COc1ccc(-c2n[nH]c(C(F)F)n2)cc1. The molecular weight excluding hydrogens is 285 g/mol. The van der Waals surface area contributed by atoms with Gasteiger partial charge >= 0.3 is 0 Å². The van der Waals surface area contributed by atoms with Gasteiger partial charge in [-0.05, 0) is 24.3 Å². The highest BCUT2D eigenvalue weighted by atomic mass is 19.3. The van der Waals surface area contributed by atoms with E-state index in [-0.39, 0.29) is 19.0 Å². The third-order valence-corrected chi connectivity index (χ3v) is 2.66.